The number of nitrogens with one attached hydrogen (secondary N) is 1. The number of carboxylic acid groups (broad SMARTS) is 2. The Morgan fingerprint density at radius 3 is 2.25 bits per heavy atom. The first-order chi connectivity index (χ1) is 13.0. The Hall–Kier alpha value is -1.83. The maximum absolute atomic E-state index is 12.6. The summed E-state index contributed by atoms with van der Waals surface area (Å²) >= 11 is 0. The van der Waals surface area contributed by atoms with E-state index in [1.54, 1.807) is 0 Å². The summed E-state index contributed by atoms with van der Waals surface area (Å²) < 4.78 is 5.00. The molecule has 1 aliphatic carbocycles. The fourth-order valence-electron chi connectivity index (χ4n) is 3.29. The third-order valence-electron chi connectivity index (χ3n) is 5.29. The fraction of sp³-hybridized carbons (Fsp3) is 0.812. The van der Waals surface area contributed by atoms with Crippen LogP contribution in [0, 0.1) is 5.41 Å². The molecule has 1 amide bonds. The van der Waals surface area contributed by atoms with Crippen LogP contribution < -0.4 is 5.32 Å². The molecule has 0 aromatic heterocycles. The van der Waals surface area contributed by atoms with Crippen molar-refractivity contribution in [2.45, 2.75) is 68.3 Å². The van der Waals surface area contributed by atoms with E-state index in [2.05, 4.69) is 5.32 Å². The van der Waals surface area contributed by atoms with Crippen LogP contribution in [0.4, 0.5) is 0 Å². The summed E-state index contributed by atoms with van der Waals surface area (Å²) in [4.78, 5) is 34.6. The molecular formula is C16H25NO11. The van der Waals surface area contributed by atoms with Crippen molar-refractivity contribution >= 4 is 17.8 Å². The lowest BCUT2D eigenvalue weighted by Crippen LogP contribution is -2.67. The molecule has 8 N–H and O–H groups in total. The zero-order valence-corrected chi connectivity index (χ0v) is 14.9. The van der Waals surface area contributed by atoms with Crippen molar-refractivity contribution in [2.75, 3.05) is 6.61 Å². The number of amides is 1. The van der Waals surface area contributed by atoms with E-state index in [1.165, 1.54) is 0 Å². The Kier molecular flexibility index (Phi) is 6.63. The molecule has 2 unspecified atom stereocenters. The van der Waals surface area contributed by atoms with Crippen molar-refractivity contribution in [3.8, 4) is 0 Å². The molecule has 28 heavy (non-hydrogen) atoms. The lowest BCUT2D eigenvalue weighted by Gasteiger charge is -2.45. The normalized spacial score (nSPS) is 33.5. The molecule has 2 aliphatic rings. The standard InChI is InChI=1S/C16H25NO11/c18-6-8(20)11(23)12-10(7(19)5-16(27,28-12)14(25)26)17-13(24)15(3-4-15)2-1-9(21)22/h7-8,10-12,18-20,23,27H,1-6H2,(H,17,24)(H,21,22)(H,25,26)/t7?,8-,10-,11-,12?,16+/m1/s1. The van der Waals surface area contributed by atoms with Gasteiger partial charge in [-0.15, -0.1) is 0 Å². The number of aliphatic carboxylic acids is 2. The fourth-order valence-corrected chi connectivity index (χ4v) is 3.29. The van der Waals surface area contributed by atoms with Crippen LogP contribution in [0.25, 0.3) is 0 Å². The van der Waals surface area contributed by atoms with Gasteiger partial charge in [-0.05, 0) is 19.3 Å². The predicted octanol–water partition coefficient (Wildman–Crippen LogP) is -3.25. The number of rotatable bonds is 9. The Morgan fingerprint density at radius 1 is 1.18 bits per heavy atom. The largest absolute Gasteiger partial charge is 0.481 e. The van der Waals surface area contributed by atoms with Gasteiger partial charge in [-0.3, -0.25) is 9.59 Å². The van der Waals surface area contributed by atoms with Gasteiger partial charge in [0.25, 0.3) is 5.79 Å². The molecular weight excluding hydrogens is 382 g/mol. The van der Waals surface area contributed by atoms with Crippen molar-refractivity contribution < 1.29 is 54.9 Å². The average Bonchev–Trinajstić information content (AvgIpc) is 3.41. The number of hydrogen-bond acceptors (Lipinski definition) is 9. The molecule has 1 saturated carbocycles. The first-order valence-corrected chi connectivity index (χ1v) is 8.77. The Bertz CT molecular complexity index is 622. The van der Waals surface area contributed by atoms with Gasteiger partial charge in [-0.1, -0.05) is 0 Å². The maximum atomic E-state index is 12.6. The van der Waals surface area contributed by atoms with E-state index >= 15 is 0 Å². The SMILES string of the molecule is O=C(O)CCC1(C(=O)N[C@@H]2C(O)C[C@@](O)(C(=O)O)OC2[C@H](O)[C@H](O)CO)CC1. The maximum Gasteiger partial charge on any atom is 0.364 e. The molecule has 160 valence electrons. The lowest BCUT2D eigenvalue weighted by atomic mass is 9.87. The van der Waals surface area contributed by atoms with E-state index in [-0.39, 0.29) is 12.8 Å². The molecule has 0 radical (unpaired) electrons. The van der Waals surface area contributed by atoms with Gasteiger partial charge in [0.2, 0.25) is 5.91 Å². The summed E-state index contributed by atoms with van der Waals surface area (Å²) in [6.45, 7) is -0.925. The molecule has 0 aromatic rings. The molecule has 2 fully saturated rings. The third-order valence-corrected chi connectivity index (χ3v) is 5.29. The topological polar surface area (TPSA) is 214 Å². The lowest BCUT2D eigenvalue weighted by molar-refractivity contribution is -0.295. The van der Waals surface area contributed by atoms with Crippen molar-refractivity contribution in [1.29, 1.82) is 0 Å². The Balaban J connectivity index is 2.20. The van der Waals surface area contributed by atoms with Crippen LogP contribution in [0.3, 0.4) is 0 Å². The molecule has 1 aliphatic heterocycles. The van der Waals surface area contributed by atoms with Crippen LogP contribution in [0.5, 0.6) is 0 Å². The number of carbonyl (C=O) groups excluding carboxylic acids is 1. The first kappa shape index (κ1) is 22.5. The van der Waals surface area contributed by atoms with Crippen LogP contribution >= 0.6 is 0 Å². The molecule has 2 rings (SSSR count). The summed E-state index contributed by atoms with van der Waals surface area (Å²) in [5.41, 5.74) is -0.955. The number of carbonyl (C=O) groups is 3. The van der Waals surface area contributed by atoms with E-state index < -0.39 is 72.5 Å². The van der Waals surface area contributed by atoms with Crippen molar-refractivity contribution in [1.82, 2.24) is 5.32 Å². The summed E-state index contributed by atoms with van der Waals surface area (Å²) in [6.07, 6.45) is -7.34. The molecule has 1 heterocycles. The molecule has 12 nitrogen and oxygen atoms in total. The van der Waals surface area contributed by atoms with Gasteiger partial charge < -0.3 is 45.8 Å². The first-order valence-electron chi connectivity index (χ1n) is 8.77. The van der Waals surface area contributed by atoms with Crippen molar-refractivity contribution in [3.63, 3.8) is 0 Å². The van der Waals surface area contributed by atoms with Crippen molar-refractivity contribution in [3.05, 3.63) is 0 Å². The van der Waals surface area contributed by atoms with E-state index in [0.717, 1.165) is 0 Å². The number of ether oxygens (including phenoxy) is 1. The number of aliphatic hydroxyl groups excluding tert-OH is 4. The van der Waals surface area contributed by atoms with Crippen LogP contribution in [0.1, 0.15) is 32.1 Å². The van der Waals surface area contributed by atoms with E-state index in [1.807, 2.05) is 0 Å². The molecule has 0 aromatic carbocycles. The second-order valence-electron chi connectivity index (χ2n) is 7.36. The highest BCUT2D eigenvalue weighted by Gasteiger charge is 2.56. The van der Waals surface area contributed by atoms with Crippen LogP contribution in [-0.2, 0) is 19.1 Å². The highest BCUT2D eigenvalue weighted by atomic mass is 16.7. The van der Waals surface area contributed by atoms with E-state index in [4.69, 9.17) is 20.1 Å². The Labute approximate surface area is 159 Å². The Morgan fingerprint density at radius 2 is 1.79 bits per heavy atom. The molecule has 0 spiro atoms. The number of carboxylic acids is 2. The predicted molar refractivity (Wildman–Crippen MR) is 87.6 cm³/mol. The monoisotopic (exact) mass is 407 g/mol. The molecule has 0 bridgehead atoms. The molecule has 1 saturated heterocycles. The summed E-state index contributed by atoms with van der Waals surface area (Å²) in [7, 11) is 0. The quantitative estimate of drug-likeness (QED) is 0.190. The van der Waals surface area contributed by atoms with Gasteiger partial charge >= 0.3 is 11.9 Å². The van der Waals surface area contributed by atoms with E-state index in [9.17, 15) is 34.8 Å². The zero-order chi connectivity index (χ0) is 21.3. The minimum Gasteiger partial charge on any atom is -0.481 e. The van der Waals surface area contributed by atoms with Crippen LogP contribution in [0.2, 0.25) is 0 Å². The smallest absolute Gasteiger partial charge is 0.364 e. The third kappa shape index (κ3) is 4.59. The average molecular weight is 407 g/mol. The van der Waals surface area contributed by atoms with Gasteiger partial charge in [-0.2, -0.15) is 0 Å². The van der Waals surface area contributed by atoms with Gasteiger partial charge in [0.1, 0.15) is 18.3 Å². The molecule has 6 atom stereocenters. The summed E-state index contributed by atoms with van der Waals surface area (Å²) in [5.74, 6) is -6.40. The summed E-state index contributed by atoms with van der Waals surface area (Å²) in [5, 5.41) is 69.6. The minimum atomic E-state index is -2.87. The molecule has 12 heteroatoms. The second-order valence-corrected chi connectivity index (χ2v) is 7.36. The van der Waals surface area contributed by atoms with Gasteiger partial charge in [0, 0.05) is 18.3 Å². The van der Waals surface area contributed by atoms with E-state index in [0.29, 0.717) is 12.8 Å². The van der Waals surface area contributed by atoms with Gasteiger partial charge in [0.15, 0.2) is 0 Å². The van der Waals surface area contributed by atoms with Gasteiger partial charge in [-0.25, -0.2) is 4.79 Å². The number of aliphatic hydroxyl groups is 5. The van der Waals surface area contributed by atoms with Crippen molar-refractivity contribution in [2.24, 2.45) is 5.41 Å². The second kappa shape index (κ2) is 8.27. The van der Waals surface area contributed by atoms with Crippen LogP contribution in [0.15, 0.2) is 0 Å². The highest BCUT2D eigenvalue weighted by Crippen LogP contribution is 2.50. The zero-order valence-electron chi connectivity index (χ0n) is 14.9. The van der Waals surface area contributed by atoms with Gasteiger partial charge in [0.05, 0.1) is 18.8 Å². The minimum absolute atomic E-state index is 0.0589. The number of hydrogen-bond donors (Lipinski definition) is 8. The highest BCUT2D eigenvalue weighted by molar-refractivity contribution is 5.86. The summed E-state index contributed by atoms with van der Waals surface area (Å²) in [6, 6.07) is -1.41. The van der Waals surface area contributed by atoms with Crippen LogP contribution in [-0.4, -0.2) is 96.4 Å².